The SMILES string of the molecule is N#CCOc1ccc(NC(=O)/C=C/c2ccc(C(=O)NC3CC3)cc2)cc1. The minimum absolute atomic E-state index is 0.0184. The zero-order chi connectivity index (χ0) is 19.1. The number of amides is 2. The molecule has 2 amide bonds. The van der Waals surface area contributed by atoms with Gasteiger partial charge in [-0.1, -0.05) is 12.1 Å². The van der Waals surface area contributed by atoms with Crippen LogP contribution in [-0.2, 0) is 4.79 Å². The van der Waals surface area contributed by atoms with E-state index in [1.807, 2.05) is 6.07 Å². The molecule has 6 heteroatoms. The summed E-state index contributed by atoms with van der Waals surface area (Å²) in [6.45, 7) is -0.0184. The van der Waals surface area contributed by atoms with E-state index in [0.29, 0.717) is 23.0 Å². The molecule has 0 radical (unpaired) electrons. The van der Waals surface area contributed by atoms with Crippen LogP contribution < -0.4 is 15.4 Å². The lowest BCUT2D eigenvalue weighted by Gasteiger charge is -2.05. The van der Waals surface area contributed by atoms with Crippen LogP contribution in [0, 0.1) is 11.3 Å². The van der Waals surface area contributed by atoms with Gasteiger partial charge in [0.2, 0.25) is 5.91 Å². The average molecular weight is 361 g/mol. The number of rotatable bonds is 7. The van der Waals surface area contributed by atoms with E-state index in [2.05, 4.69) is 10.6 Å². The van der Waals surface area contributed by atoms with Crippen LogP contribution in [0.15, 0.2) is 54.6 Å². The Labute approximate surface area is 157 Å². The number of nitrogens with zero attached hydrogens (tertiary/aromatic N) is 1. The van der Waals surface area contributed by atoms with Crippen molar-refractivity contribution in [3.63, 3.8) is 0 Å². The zero-order valence-electron chi connectivity index (χ0n) is 14.6. The van der Waals surface area contributed by atoms with E-state index in [4.69, 9.17) is 10.00 Å². The van der Waals surface area contributed by atoms with Gasteiger partial charge in [-0.25, -0.2) is 0 Å². The Kier molecular flexibility index (Phi) is 5.85. The minimum Gasteiger partial charge on any atom is -0.479 e. The molecule has 0 bridgehead atoms. The van der Waals surface area contributed by atoms with Crippen molar-refractivity contribution in [1.29, 1.82) is 5.26 Å². The summed E-state index contributed by atoms with van der Waals surface area (Å²) in [5, 5.41) is 14.2. The predicted octanol–water partition coefficient (Wildman–Crippen LogP) is 3.13. The van der Waals surface area contributed by atoms with Gasteiger partial charge in [-0.15, -0.1) is 0 Å². The summed E-state index contributed by atoms with van der Waals surface area (Å²) in [5.74, 6) is 0.236. The van der Waals surface area contributed by atoms with Gasteiger partial charge in [0, 0.05) is 23.4 Å². The Morgan fingerprint density at radius 2 is 1.81 bits per heavy atom. The summed E-state index contributed by atoms with van der Waals surface area (Å²) in [6, 6.07) is 16.1. The monoisotopic (exact) mass is 361 g/mol. The lowest BCUT2D eigenvalue weighted by atomic mass is 10.1. The van der Waals surface area contributed by atoms with E-state index >= 15 is 0 Å². The van der Waals surface area contributed by atoms with Crippen LogP contribution in [0.3, 0.4) is 0 Å². The molecule has 0 saturated heterocycles. The molecule has 2 N–H and O–H groups in total. The van der Waals surface area contributed by atoms with Crippen LogP contribution in [0.4, 0.5) is 5.69 Å². The number of carbonyl (C=O) groups excluding carboxylic acids is 2. The lowest BCUT2D eigenvalue weighted by Crippen LogP contribution is -2.25. The van der Waals surface area contributed by atoms with Gasteiger partial charge in [0.05, 0.1) is 0 Å². The normalized spacial score (nSPS) is 13.0. The van der Waals surface area contributed by atoms with Crippen LogP contribution in [0.25, 0.3) is 6.08 Å². The highest BCUT2D eigenvalue weighted by atomic mass is 16.5. The van der Waals surface area contributed by atoms with Gasteiger partial charge in [0.25, 0.3) is 5.91 Å². The first-order valence-corrected chi connectivity index (χ1v) is 8.64. The Morgan fingerprint density at radius 1 is 1.11 bits per heavy atom. The van der Waals surface area contributed by atoms with Crippen molar-refractivity contribution < 1.29 is 14.3 Å². The number of nitrogens with one attached hydrogen (secondary N) is 2. The van der Waals surface area contributed by atoms with Crippen LogP contribution >= 0.6 is 0 Å². The second-order valence-corrected chi connectivity index (χ2v) is 6.16. The Balaban J connectivity index is 1.51. The largest absolute Gasteiger partial charge is 0.479 e. The summed E-state index contributed by atoms with van der Waals surface area (Å²) >= 11 is 0. The molecule has 1 fully saturated rings. The number of nitriles is 1. The van der Waals surface area contributed by atoms with Crippen LogP contribution in [0.1, 0.15) is 28.8 Å². The number of hydrogen-bond donors (Lipinski definition) is 2. The van der Waals surface area contributed by atoms with Gasteiger partial charge in [0.15, 0.2) is 6.61 Å². The van der Waals surface area contributed by atoms with Gasteiger partial charge in [0.1, 0.15) is 11.8 Å². The van der Waals surface area contributed by atoms with Crippen molar-refractivity contribution in [3.05, 3.63) is 65.7 Å². The molecule has 2 aromatic rings. The highest BCUT2D eigenvalue weighted by molar-refractivity contribution is 6.02. The molecule has 1 aliphatic rings. The van der Waals surface area contributed by atoms with Crippen molar-refractivity contribution in [2.24, 2.45) is 0 Å². The van der Waals surface area contributed by atoms with Crippen molar-refractivity contribution in [1.82, 2.24) is 5.32 Å². The molecule has 0 aromatic heterocycles. The molecule has 0 aliphatic heterocycles. The third kappa shape index (κ3) is 5.72. The topological polar surface area (TPSA) is 91.2 Å². The smallest absolute Gasteiger partial charge is 0.251 e. The van der Waals surface area contributed by atoms with Gasteiger partial charge in [-0.3, -0.25) is 9.59 Å². The molecule has 0 spiro atoms. The van der Waals surface area contributed by atoms with Gasteiger partial charge < -0.3 is 15.4 Å². The van der Waals surface area contributed by atoms with Crippen molar-refractivity contribution >= 4 is 23.6 Å². The van der Waals surface area contributed by atoms with Crippen LogP contribution in [0.2, 0.25) is 0 Å². The Bertz CT molecular complexity index is 876. The van der Waals surface area contributed by atoms with Gasteiger partial charge >= 0.3 is 0 Å². The van der Waals surface area contributed by atoms with E-state index in [0.717, 1.165) is 18.4 Å². The summed E-state index contributed by atoms with van der Waals surface area (Å²) in [7, 11) is 0. The summed E-state index contributed by atoms with van der Waals surface area (Å²) in [6.07, 6.45) is 5.22. The van der Waals surface area contributed by atoms with Crippen molar-refractivity contribution in [2.45, 2.75) is 18.9 Å². The number of hydrogen-bond acceptors (Lipinski definition) is 4. The molecule has 0 unspecified atom stereocenters. The van der Waals surface area contributed by atoms with E-state index < -0.39 is 0 Å². The molecular weight excluding hydrogens is 342 g/mol. The fourth-order valence-electron chi connectivity index (χ4n) is 2.35. The Hall–Kier alpha value is -3.59. The molecule has 3 rings (SSSR count). The molecule has 27 heavy (non-hydrogen) atoms. The highest BCUT2D eigenvalue weighted by Crippen LogP contribution is 2.19. The number of anilines is 1. The standard InChI is InChI=1S/C21H19N3O3/c22-13-14-27-19-10-8-17(9-11-19)23-20(25)12-3-15-1-4-16(5-2-15)21(26)24-18-6-7-18/h1-5,8-12,18H,6-7,14H2,(H,23,25)(H,24,26)/b12-3+. The van der Waals surface area contributed by atoms with E-state index in [1.165, 1.54) is 6.08 Å². The maximum absolute atomic E-state index is 12.0. The van der Waals surface area contributed by atoms with Crippen molar-refractivity contribution in [2.75, 3.05) is 11.9 Å². The summed E-state index contributed by atoms with van der Waals surface area (Å²) < 4.78 is 5.16. The molecular formula is C21H19N3O3. The van der Waals surface area contributed by atoms with E-state index in [9.17, 15) is 9.59 Å². The number of benzene rings is 2. The average Bonchev–Trinajstić information content (AvgIpc) is 3.50. The minimum atomic E-state index is -0.267. The van der Waals surface area contributed by atoms with E-state index in [-0.39, 0.29) is 18.4 Å². The number of carbonyl (C=O) groups is 2. The molecule has 0 heterocycles. The van der Waals surface area contributed by atoms with Crippen LogP contribution in [0.5, 0.6) is 5.75 Å². The highest BCUT2D eigenvalue weighted by Gasteiger charge is 2.23. The summed E-state index contributed by atoms with van der Waals surface area (Å²) in [4.78, 5) is 23.9. The van der Waals surface area contributed by atoms with Gasteiger partial charge in [-0.05, 0) is 60.9 Å². The third-order valence-electron chi connectivity index (χ3n) is 3.94. The predicted molar refractivity (Wildman–Crippen MR) is 102 cm³/mol. The Morgan fingerprint density at radius 3 is 2.44 bits per heavy atom. The molecule has 136 valence electrons. The van der Waals surface area contributed by atoms with E-state index in [1.54, 1.807) is 54.6 Å². The van der Waals surface area contributed by atoms with Crippen molar-refractivity contribution in [3.8, 4) is 11.8 Å². The fraction of sp³-hybridized carbons (Fsp3) is 0.190. The molecule has 6 nitrogen and oxygen atoms in total. The maximum Gasteiger partial charge on any atom is 0.251 e. The second-order valence-electron chi connectivity index (χ2n) is 6.16. The molecule has 2 aromatic carbocycles. The lowest BCUT2D eigenvalue weighted by molar-refractivity contribution is -0.111. The third-order valence-corrected chi connectivity index (χ3v) is 3.94. The fourth-order valence-corrected chi connectivity index (χ4v) is 2.35. The maximum atomic E-state index is 12.0. The van der Waals surface area contributed by atoms with Gasteiger partial charge in [-0.2, -0.15) is 5.26 Å². The first-order chi connectivity index (χ1) is 13.1. The zero-order valence-corrected chi connectivity index (χ0v) is 14.6. The first kappa shape index (κ1) is 18.2. The van der Waals surface area contributed by atoms with Crippen LogP contribution in [-0.4, -0.2) is 24.5 Å². The number of ether oxygens (including phenoxy) is 1. The molecule has 0 atom stereocenters. The first-order valence-electron chi connectivity index (χ1n) is 8.64. The molecule has 1 saturated carbocycles. The summed E-state index contributed by atoms with van der Waals surface area (Å²) in [5.41, 5.74) is 2.07. The quantitative estimate of drug-likeness (QED) is 0.741. The second kappa shape index (κ2) is 8.68. The molecule has 1 aliphatic carbocycles.